The number of rotatable bonds is 5. The Hall–Kier alpha value is -2.37. The minimum absolute atomic E-state index is 0.135. The molecular formula is C11H12N8OS2. The highest BCUT2D eigenvalue weighted by atomic mass is 32.2. The summed E-state index contributed by atoms with van der Waals surface area (Å²) in [5, 5.41) is 11.2. The van der Waals surface area contributed by atoms with Crippen molar-refractivity contribution in [3.63, 3.8) is 0 Å². The molecule has 114 valence electrons. The van der Waals surface area contributed by atoms with Crippen LogP contribution in [-0.2, 0) is 4.79 Å². The van der Waals surface area contributed by atoms with Gasteiger partial charge in [0.05, 0.1) is 16.0 Å². The smallest absolute Gasteiger partial charge is 0.258 e. The molecule has 0 fully saturated rings. The molecule has 0 saturated heterocycles. The molecule has 1 amide bonds. The number of nitrogens with zero attached hydrogens (tertiary/aromatic N) is 4. The molecule has 0 atom stereocenters. The van der Waals surface area contributed by atoms with E-state index >= 15 is 0 Å². The van der Waals surface area contributed by atoms with Crippen LogP contribution in [0.15, 0.2) is 29.4 Å². The van der Waals surface area contributed by atoms with Crippen molar-refractivity contribution in [2.45, 2.75) is 5.16 Å². The highest BCUT2D eigenvalue weighted by molar-refractivity contribution is 7.99. The third-order valence-electron chi connectivity index (χ3n) is 2.67. The Bertz CT molecular complexity index is 780. The lowest BCUT2D eigenvalue weighted by molar-refractivity contribution is -0.113. The summed E-state index contributed by atoms with van der Waals surface area (Å²) in [6.45, 7) is 0. The van der Waals surface area contributed by atoms with Gasteiger partial charge in [-0.3, -0.25) is 10.2 Å². The van der Waals surface area contributed by atoms with E-state index in [1.807, 2.05) is 24.3 Å². The molecule has 0 bridgehead atoms. The zero-order valence-corrected chi connectivity index (χ0v) is 12.8. The number of hydrogen-bond acceptors (Lipinski definition) is 9. The number of nitrogens with two attached hydrogens (primary N) is 2. The normalized spacial score (nSPS) is 10.8. The van der Waals surface area contributed by atoms with Gasteiger partial charge in [-0.1, -0.05) is 35.2 Å². The summed E-state index contributed by atoms with van der Waals surface area (Å²) in [7, 11) is 0. The van der Waals surface area contributed by atoms with Crippen molar-refractivity contribution in [2.75, 3.05) is 22.3 Å². The van der Waals surface area contributed by atoms with Gasteiger partial charge in [-0.05, 0) is 12.1 Å². The maximum atomic E-state index is 11.9. The van der Waals surface area contributed by atoms with E-state index in [1.165, 1.54) is 16.0 Å². The maximum Gasteiger partial charge on any atom is 0.258 e. The summed E-state index contributed by atoms with van der Waals surface area (Å²) >= 11 is 2.57. The molecule has 0 radical (unpaired) electrons. The van der Waals surface area contributed by atoms with Gasteiger partial charge in [-0.25, -0.2) is 15.5 Å². The maximum absolute atomic E-state index is 11.9. The quantitative estimate of drug-likeness (QED) is 0.302. The molecule has 3 rings (SSSR count). The summed E-state index contributed by atoms with van der Waals surface area (Å²) < 4.78 is 2.20. The van der Waals surface area contributed by atoms with E-state index in [2.05, 4.69) is 25.9 Å². The minimum Gasteiger partial charge on any atom is -0.334 e. The van der Waals surface area contributed by atoms with Gasteiger partial charge in [0.15, 0.2) is 5.13 Å². The van der Waals surface area contributed by atoms with Crippen LogP contribution < -0.4 is 22.4 Å². The van der Waals surface area contributed by atoms with Crippen LogP contribution in [0.1, 0.15) is 0 Å². The topological polar surface area (TPSA) is 137 Å². The lowest BCUT2D eigenvalue weighted by Crippen LogP contribution is -2.19. The number of amides is 1. The van der Waals surface area contributed by atoms with Gasteiger partial charge in [-0.15, -0.1) is 10.2 Å². The summed E-state index contributed by atoms with van der Waals surface area (Å²) in [5.41, 5.74) is 3.16. The Morgan fingerprint density at radius 1 is 1.36 bits per heavy atom. The van der Waals surface area contributed by atoms with Crippen LogP contribution in [0, 0.1) is 0 Å². The number of hydrazine groups is 1. The summed E-state index contributed by atoms with van der Waals surface area (Å²) in [6, 6.07) is 7.68. The molecular weight excluding hydrogens is 324 g/mol. The molecule has 22 heavy (non-hydrogen) atoms. The van der Waals surface area contributed by atoms with Crippen molar-refractivity contribution in [2.24, 2.45) is 5.84 Å². The average Bonchev–Trinajstić information content (AvgIpc) is 3.07. The van der Waals surface area contributed by atoms with Crippen LogP contribution in [0.25, 0.3) is 10.2 Å². The van der Waals surface area contributed by atoms with Crippen molar-refractivity contribution >= 4 is 50.3 Å². The van der Waals surface area contributed by atoms with Crippen LogP contribution in [0.3, 0.4) is 0 Å². The molecule has 6 N–H and O–H groups in total. The molecule has 1 aromatic carbocycles. The second kappa shape index (κ2) is 6.17. The summed E-state index contributed by atoms with van der Waals surface area (Å²) in [5.74, 6) is 11.1. The molecule has 3 aromatic rings. The van der Waals surface area contributed by atoms with E-state index in [0.717, 1.165) is 22.0 Å². The second-order valence-corrected chi connectivity index (χ2v) is 6.12. The summed E-state index contributed by atoms with van der Waals surface area (Å²) in [6.07, 6.45) is 0. The number of nitrogen functional groups attached to an aromatic ring is 2. The fourth-order valence-corrected chi connectivity index (χ4v) is 3.22. The Labute approximate surface area is 133 Å². The highest BCUT2D eigenvalue weighted by Gasteiger charge is 2.12. The minimum atomic E-state index is -0.200. The molecule has 0 aliphatic carbocycles. The van der Waals surface area contributed by atoms with Crippen LogP contribution in [0.2, 0.25) is 0 Å². The van der Waals surface area contributed by atoms with Gasteiger partial charge >= 0.3 is 0 Å². The number of anilines is 2. The lowest BCUT2D eigenvalue weighted by Gasteiger charge is -2.02. The number of hydrogen-bond donors (Lipinski definition) is 4. The molecule has 2 aromatic heterocycles. The largest absolute Gasteiger partial charge is 0.334 e. The number of carbonyl (C=O) groups excluding carboxylic acids is 1. The van der Waals surface area contributed by atoms with E-state index in [4.69, 9.17) is 11.7 Å². The fourth-order valence-electron chi connectivity index (χ4n) is 1.69. The Morgan fingerprint density at radius 3 is 2.91 bits per heavy atom. The predicted molar refractivity (Wildman–Crippen MR) is 87.0 cm³/mol. The highest BCUT2D eigenvalue weighted by Crippen LogP contribution is 2.25. The third-order valence-corrected chi connectivity index (χ3v) is 4.56. The molecule has 0 spiro atoms. The SMILES string of the molecule is NNc1nnc(SCC(=O)Nc2nc3ccccc3s2)n1N. The van der Waals surface area contributed by atoms with Gasteiger partial charge in [-0.2, -0.15) is 0 Å². The number of thiazole rings is 1. The van der Waals surface area contributed by atoms with Gasteiger partial charge in [0.2, 0.25) is 11.1 Å². The van der Waals surface area contributed by atoms with Crippen molar-refractivity contribution in [3.05, 3.63) is 24.3 Å². The van der Waals surface area contributed by atoms with Crippen molar-refractivity contribution in [1.82, 2.24) is 19.9 Å². The van der Waals surface area contributed by atoms with Gasteiger partial charge in [0.1, 0.15) is 0 Å². The fraction of sp³-hybridized carbons (Fsp3) is 0.0909. The first-order chi connectivity index (χ1) is 10.7. The van der Waals surface area contributed by atoms with Crippen molar-refractivity contribution in [3.8, 4) is 0 Å². The third kappa shape index (κ3) is 2.95. The number of para-hydroxylation sites is 1. The van der Waals surface area contributed by atoms with Gasteiger partial charge < -0.3 is 11.2 Å². The average molecular weight is 336 g/mol. The molecule has 9 nitrogen and oxygen atoms in total. The van der Waals surface area contributed by atoms with E-state index in [-0.39, 0.29) is 17.6 Å². The van der Waals surface area contributed by atoms with E-state index < -0.39 is 0 Å². The molecule has 0 aliphatic heterocycles. The first-order valence-corrected chi connectivity index (χ1v) is 7.93. The number of benzene rings is 1. The number of nitrogens with one attached hydrogen (secondary N) is 2. The van der Waals surface area contributed by atoms with Crippen LogP contribution in [-0.4, -0.2) is 31.5 Å². The Balaban J connectivity index is 1.61. The number of carbonyl (C=O) groups is 1. The number of fused-ring (bicyclic) bond motifs is 1. The molecule has 0 saturated carbocycles. The van der Waals surface area contributed by atoms with Crippen LogP contribution >= 0.6 is 23.1 Å². The predicted octanol–water partition coefficient (Wildman–Crippen LogP) is 0.618. The molecule has 0 aliphatic rings. The van der Waals surface area contributed by atoms with Crippen molar-refractivity contribution < 1.29 is 4.79 Å². The van der Waals surface area contributed by atoms with Gasteiger partial charge in [0, 0.05) is 0 Å². The van der Waals surface area contributed by atoms with E-state index in [9.17, 15) is 4.79 Å². The standard InChI is InChI=1S/C11H12N8OS2/c12-16-9-17-18-11(19(9)13)21-5-8(20)15-10-14-6-3-1-2-4-7(6)22-10/h1-4H,5,12-13H2,(H,16,17)(H,14,15,20). The molecule has 2 heterocycles. The van der Waals surface area contributed by atoms with Gasteiger partial charge in [0.25, 0.3) is 5.95 Å². The first kappa shape index (κ1) is 14.6. The van der Waals surface area contributed by atoms with E-state index in [0.29, 0.717) is 10.3 Å². The number of aromatic nitrogens is 4. The van der Waals surface area contributed by atoms with Crippen LogP contribution in [0.4, 0.5) is 11.1 Å². The second-order valence-electron chi connectivity index (χ2n) is 4.14. The van der Waals surface area contributed by atoms with Crippen molar-refractivity contribution in [1.29, 1.82) is 0 Å². The zero-order valence-electron chi connectivity index (χ0n) is 11.2. The monoisotopic (exact) mass is 336 g/mol. The lowest BCUT2D eigenvalue weighted by atomic mass is 10.3. The van der Waals surface area contributed by atoms with Crippen LogP contribution in [0.5, 0.6) is 0 Å². The first-order valence-electron chi connectivity index (χ1n) is 6.12. The Kier molecular flexibility index (Phi) is 4.09. The zero-order chi connectivity index (χ0) is 15.5. The molecule has 0 unspecified atom stereocenters. The Morgan fingerprint density at radius 2 is 2.18 bits per heavy atom. The summed E-state index contributed by atoms with van der Waals surface area (Å²) in [4.78, 5) is 16.3. The molecule has 11 heteroatoms. The van der Waals surface area contributed by atoms with E-state index in [1.54, 1.807) is 0 Å². The number of thioether (sulfide) groups is 1.